The molecule has 1 aromatic heterocycles. The highest BCUT2D eigenvalue weighted by Gasteiger charge is 2.18. The SMILES string of the molecule is Cc1ccc(NC(=O)c2ccn(C3CCCNC3)n2)c(Cl)c1. The molecule has 5 nitrogen and oxygen atoms in total. The zero-order valence-corrected chi connectivity index (χ0v) is 13.2. The fourth-order valence-electron chi connectivity index (χ4n) is 2.63. The Morgan fingerprint density at radius 1 is 1.45 bits per heavy atom. The molecule has 3 rings (SSSR count). The van der Waals surface area contributed by atoms with E-state index in [1.807, 2.05) is 29.9 Å². The van der Waals surface area contributed by atoms with Crippen molar-refractivity contribution in [3.05, 3.63) is 46.7 Å². The third-order valence-corrected chi connectivity index (χ3v) is 4.17. The third-order valence-electron chi connectivity index (χ3n) is 3.86. The van der Waals surface area contributed by atoms with Crippen molar-refractivity contribution in [2.75, 3.05) is 18.4 Å². The molecule has 0 saturated carbocycles. The Hall–Kier alpha value is -1.85. The van der Waals surface area contributed by atoms with Crippen LogP contribution in [0.15, 0.2) is 30.5 Å². The Balaban J connectivity index is 1.71. The van der Waals surface area contributed by atoms with Crippen LogP contribution in [-0.4, -0.2) is 28.8 Å². The first kappa shape index (κ1) is 15.1. The van der Waals surface area contributed by atoms with Gasteiger partial charge in [0.1, 0.15) is 0 Å². The topological polar surface area (TPSA) is 59.0 Å². The van der Waals surface area contributed by atoms with Crippen LogP contribution in [0.25, 0.3) is 0 Å². The van der Waals surface area contributed by atoms with E-state index in [9.17, 15) is 4.79 Å². The van der Waals surface area contributed by atoms with E-state index in [4.69, 9.17) is 11.6 Å². The fraction of sp³-hybridized carbons (Fsp3) is 0.375. The Labute approximate surface area is 134 Å². The van der Waals surface area contributed by atoms with Crippen molar-refractivity contribution in [3.63, 3.8) is 0 Å². The molecular weight excluding hydrogens is 300 g/mol. The van der Waals surface area contributed by atoms with E-state index in [1.54, 1.807) is 12.1 Å². The average Bonchev–Trinajstić information content (AvgIpc) is 3.01. The summed E-state index contributed by atoms with van der Waals surface area (Å²) in [7, 11) is 0. The first-order chi connectivity index (χ1) is 10.6. The molecule has 0 spiro atoms. The number of aryl methyl sites for hydroxylation is 1. The zero-order chi connectivity index (χ0) is 15.5. The van der Waals surface area contributed by atoms with Crippen LogP contribution in [0.3, 0.4) is 0 Å². The summed E-state index contributed by atoms with van der Waals surface area (Å²) in [5.41, 5.74) is 2.06. The number of aromatic nitrogens is 2. The average molecular weight is 319 g/mol. The van der Waals surface area contributed by atoms with Gasteiger partial charge in [-0.15, -0.1) is 0 Å². The van der Waals surface area contributed by atoms with Crippen LogP contribution in [0.4, 0.5) is 5.69 Å². The molecular formula is C16H19ClN4O. The van der Waals surface area contributed by atoms with E-state index in [-0.39, 0.29) is 5.91 Å². The van der Waals surface area contributed by atoms with Crippen molar-refractivity contribution in [1.82, 2.24) is 15.1 Å². The molecule has 1 fully saturated rings. The summed E-state index contributed by atoms with van der Waals surface area (Å²) >= 11 is 6.14. The predicted molar refractivity (Wildman–Crippen MR) is 87.5 cm³/mol. The number of anilines is 1. The number of nitrogens with zero attached hydrogens (tertiary/aromatic N) is 2. The molecule has 22 heavy (non-hydrogen) atoms. The largest absolute Gasteiger partial charge is 0.319 e. The maximum Gasteiger partial charge on any atom is 0.276 e. The number of piperidine rings is 1. The second kappa shape index (κ2) is 6.50. The number of hydrogen-bond acceptors (Lipinski definition) is 3. The van der Waals surface area contributed by atoms with Crippen molar-refractivity contribution in [1.29, 1.82) is 0 Å². The fourth-order valence-corrected chi connectivity index (χ4v) is 2.91. The Kier molecular flexibility index (Phi) is 4.45. The second-order valence-electron chi connectivity index (χ2n) is 5.62. The normalized spacial score (nSPS) is 18.2. The van der Waals surface area contributed by atoms with Gasteiger partial charge in [-0.05, 0) is 50.1 Å². The van der Waals surface area contributed by atoms with Gasteiger partial charge in [-0.3, -0.25) is 9.48 Å². The van der Waals surface area contributed by atoms with Gasteiger partial charge in [-0.25, -0.2) is 0 Å². The highest BCUT2D eigenvalue weighted by Crippen LogP contribution is 2.23. The van der Waals surface area contributed by atoms with E-state index < -0.39 is 0 Å². The van der Waals surface area contributed by atoms with Crippen LogP contribution < -0.4 is 10.6 Å². The van der Waals surface area contributed by atoms with Crippen LogP contribution in [0.5, 0.6) is 0 Å². The van der Waals surface area contributed by atoms with E-state index in [2.05, 4.69) is 15.7 Å². The van der Waals surface area contributed by atoms with Crippen molar-refractivity contribution in [2.45, 2.75) is 25.8 Å². The summed E-state index contributed by atoms with van der Waals surface area (Å²) in [5.74, 6) is -0.242. The minimum absolute atomic E-state index is 0.242. The number of carbonyl (C=O) groups excluding carboxylic acids is 1. The summed E-state index contributed by atoms with van der Waals surface area (Å²) in [4.78, 5) is 12.3. The van der Waals surface area contributed by atoms with Crippen molar-refractivity contribution < 1.29 is 4.79 Å². The zero-order valence-electron chi connectivity index (χ0n) is 12.5. The summed E-state index contributed by atoms with van der Waals surface area (Å²) in [6, 6.07) is 7.60. The maximum absolute atomic E-state index is 12.3. The second-order valence-corrected chi connectivity index (χ2v) is 6.03. The van der Waals surface area contributed by atoms with E-state index in [0.717, 1.165) is 31.5 Å². The molecule has 2 N–H and O–H groups in total. The highest BCUT2D eigenvalue weighted by molar-refractivity contribution is 6.34. The smallest absolute Gasteiger partial charge is 0.276 e. The molecule has 1 aliphatic heterocycles. The molecule has 1 aromatic carbocycles. The molecule has 1 unspecified atom stereocenters. The van der Waals surface area contributed by atoms with E-state index in [0.29, 0.717) is 22.4 Å². The van der Waals surface area contributed by atoms with Gasteiger partial charge >= 0.3 is 0 Å². The molecule has 1 amide bonds. The van der Waals surface area contributed by atoms with Crippen LogP contribution in [0, 0.1) is 6.92 Å². The summed E-state index contributed by atoms with van der Waals surface area (Å²) in [6.07, 6.45) is 4.08. The lowest BCUT2D eigenvalue weighted by Gasteiger charge is -2.22. The number of amides is 1. The van der Waals surface area contributed by atoms with Crippen molar-refractivity contribution in [3.8, 4) is 0 Å². The number of carbonyl (C=O) groups is 1. The van der Waals surface area contributed by atoms with E-state index in [1.165, 1.54) is 0 Å². The van der Waals surface area contributed by atoms with Crippen LogP contribution in [0.1, 0.15) is 34.9 Å². The van der Waals surface area contributed by atoms with Gasteiger partial charge in [-0.1, -0.05) is 17.7 Å². The number of rotatable bonds is 3. The maximum atomic E-state index is 12.3. The van der Waals surface area contributed by atoms with Gasteiger partial charge in [-0.2, -0.15) is 5.10 Å². The minimum Gasteiger partial charge on any atom is -0.319 e. The molecule has 2 heterocycles. The van der Waals surface area contributed by atoms with E-state index >= 15 is 0 Å². The summed E-state index contributed by atoms with van der Waals surface area (Å²) in [5, 5.41) is 11.1. The summed E-state index contributed by atoms with van der Waals surface area (Å²) < 4.78 is 1.87. The number of hydrogen-bond donors (Lipinski definition) is 2. The molecule has 0 aliphatic carbocycles. The number of nitrogens with one attached hydrogen (secondary N) is 2. The third kappa shape index (κ3) is 3.31. The van der Waals surface area contributed by atoms with Crippen molar-refractivity contribution >= 4 is 23.2 Å². The Morgan fingerprint density at radius 2 is 2.32 bits per heavy atom. The first-order valence-electron chi connectivity index (χ1n) is 7.47. The van der Waals surface area contributed by atoms with Crippen LogP contribution in [0.2, 0.25) is 5.02 Å². The standard InChI is InChI=1S/C16H19ClN4O/c1-11-4-5-14(13(17)9-11)19-16(22)15-6-8-21(20-15)12-3-2-7-18-10-12/h4-6,8-9,12,18H,2-3,7,10H2,1H3,(H,19,22). The Bertz CT molecular complexity index is 677. The van der Waals surface area contributed by atoms with Crippen LogP contribution in [-0.2, 0) is 0 Å². The molecule has 2 aromatic rings. The lowest BCUT2D eigenvalue weighted by molar-refractivity contribution is 0.102. The minimum atomic E-state index is -0.242. The van der Waals surface area contributed by atoms with Gasteiger partial charge in [0.15, 0.2) is 5.69 Å². The molecule has 0 bridgehead atoms. The predicted octanol–water partition coefficient (Wildman–Crippen LogP) is 3.02. The van der Waals surface area contributed by atoms with Gasteiger partial charge in [0.2, 0.25) is 0 Å². The quantitative estimate of drug-likeness (QED) is 0.914. The van der Waals surface area contributed by atoms with Gasteiger partial charge in [0, 0.05) is 12.7 Å². The monoisotopic (exact) mass is 318 g/mol. The molecule has 116 valence electrons. The van der Waals surface area contributed by atoms with Gasteiger partial charge in [0.05, 0.1) is 16.8 Å². The molecule has 6 heteroatoms. The molecule has 1 atom stereocenters. The molecule has 0 radical (unpaired) electrons. The first-order valence-corrected chi connectivity index (χ1v) is 7.84. The highest BCUT2D eigenvalue weighted by atomic mass is 35.5. The Morgan fingerprint density at radius 3 is 3.05 bits per heavy atom. The summed E-state index contributed by atoms with van der Waals surface area (Å²) in [6.45, 7) is 3.90. The van der Waals surface area contributed by atoms with Crippen molar-refractivity contribution in [2.24, 2.45) is 0 Å². The van der Waals surface area contributed by atoms with Gasteiger partial charge < -0.3 is 10.6 Å². The molecule has 1 saturated heterocycles. The van der Waals surface area contributed by atoms with Gasteiger partial charge in [0.25, 0.3) is 5.91 Å². The molecule has 1 aliphatic rings. The lowest BCUT2D eigenvalue weighted by Crippen LogP contribution is -2.32. The number of benzene rings is 1. The number of halogens is 1. The van der Waals surface area contributed by atoms with Crippen LogP contribution >= 0.6 is 11.6 Å². The lowest BCUT2D eigenvalue weighted by atomic mass is 10.1.